The van der Waals surface area contributed by atoms with Gasteiger partial charge in [0.05, 0.1) is 7.11 Å². The van der Waals surface area contributed by atoms with Crippen LogP contribution in [0.25, 0.3) is 0 Å². The number of hydrogen-bond donors (Lipinski definition) is 1. The molecule has 0 saturated carbocycles. The van der Waals surface area contributed by atoms with Gasteiger partial charge in [-0.25, -0.2) is 4.39 Å². The Balaban J connectivity index is 2.41. The van der Waals surface area contributed by atoms with Crippen molar-refractivity contribution in [3.63, 3.8) is 0 Å². The van der Waals surface area contributed by atoms with Crippen LogP contribution in [0.2, 0.25) is 0 Å². The molecular weight excluding hydrogens is 265 g/mol. The van der Waals surface area contributed by atoms with Gasteiger partial charge in [-0.3, -0.25) is 4.79 Å². The molecule has 19 heavy (non-hydrogen) atoms. The average molecular weight is 285 g/mol. The molecule has 0 bridgehead atoms. The SMILES string of the molecule is CCCNC(CCSc1cccc(F)c1)C(=O)OC. The van der Waals surface area contributed by atoms with E-state index in [1.54, 1.807) is 6.07 Å². The number of carbonyl (C=O) groups excluding carboxylic acids is 1. The fourth-order valence-electron chi connectivity index (χ4n) is 1.62. The molecule has 106 valence electrons. The highest BCUT2D eigenvalue weighted by molar-refractivity contribution is 7.99. The molecule has 0 aromatic heterocycles. The standard InChI is InChI=1S/C14H20FNO2S/c1-3-8-16-13(14(17)18-2)7-9-19-12-6-4-5-11(15)10-12/h4-6,10,13,16H,3,7-9H2,1-2H3. The molecule has 1 aromatic rings. The van der Waals surface area contributed by atoms with Gasteiger partial charge in [0.2, 0.25) is 0 Å². The van der Waals surface area contributed by atoms with Crippen molar-refractivity contribution in [2.45, 2.75) is 30.7 Å². The lowest BCUT2D eigenvalue weighted by Crippen LogP contribution is -2.38. The summed E-state index contributed by atoms with van der Waals surface area (Å²) in [4.78, 5) is 12.4. The molecule has 0 heterocycles. The maximum absolute atomic E-state index is 13.0. The third-order valence-corrected chi connectivity index (χ3v) is 3.62. The fourth-order valence-corrected chi connectivity index (χ4v) is 2.58. The second kappa shape index (κ2) is 8.93. The molecule has 0 saturated heterocycles. The zero-order valence-electron chi connectivity index (χ0n) is 11.3. The molecule has 5 heteroatoms. The Kier molecular flexibility index (Phi) is 7.52. The van der Waals surface area contributed by atoms with Gasteiger partial charge in [0.25, 0.3) is 0 Å². The molecular formula is C14H20FNO2S. The van der Waals surface area contributed by atoms with E-state index < -0.39 is 0 Å². The van der Waals surface area contributed by atoms with E-state index in [1.165, 1.54) is 31.0 Å². The van der Waals surface area contributed by atoms with Crippen LogP contribution in [0, 0.1) is 5.82 Å². The van der Waals surface area contributed by atoms with E-state index in [-0.39, 0.29) is 17.8 Å². The Morgan fingerprint density at radius 3 is 2.95 bits per heavy atom. The van der Waals surface area contributed by atoms with Gasteiger partial charge in [0, 0.05) is 10.6 Å². The summed E-state index contributed by atoms with van der Waals surface area (Å²) in [7, 11) is 1.39. The summed E-state index contributed by atoms with van der Waals surface area (Å²) in [5, 5.41) is 3.16. The van der Waals surface area contributed by atoms with Gasteiger partial charge in [-0.1, -0.05) is 13.0 Å². The lowest BCUT2D eigenvalue weighted by atomic mass is 10.2. The topological polar surface area (TPSA) is 38.3 Å². The number of carbonyl (C=O) groups is 1. The van der Waals surface area contributed by atoms with Crippen LogP contribution in [0.3, 0.4) is 0 Å². The molecule has 0 aliphatic rings. The van der Waals surface area contributed by atoms with E-state index in [0.717, 1.165) is 23.6 Å². The quantitative estimate of drug-likeness (QED) is 0.589. The van der Waals surface area contributed by atoms with Crippen molar-refractivity contribution in [3.05, 3.63) is 30.1 Å². The van der Waals surface area contributed by atoms with E-state index >= 15 is 0 Å². The van der Waals surface area contributed by atoms with Crippen LogP contribution in [0.15, 0.2) is 29.2 Å². The zero-order chi connectivity index (χ0) is 14.1. The van der Waals surface area contributed by atoms with Crippen LogP contribution < -0.4 is 5.32 Å². The Bertz CT molecular complexity index is 401. The van der Waals surface area contributed by atoms with Crippen molar-refractivity contribution in [2.24, 2.45) is 0 Å². The van der Waals surface area contributed by atoms with E-state index in [2.05, 4.69) is 5.32 Å². The van der Waals surface area contributed by atoms with Crippen molar-refractivity contribution in [3.8, 4) is 0 Å². The largest absolute Gasteiger partial charge is 0.468 e. The van der Waals surface area contributed by atoms with Crippen molar-refractivity contribution in [2.75, 3.05) is 19.4 Å². The van der Waals surface area contributed by atoms with Gasteiger partial charge in [0.1, 0.15) is 11.9 Å². The molecule has 1 unspecified atom stereocenters. The minimum atomic E-state index is -0.286. The number of thioether (sulfide) groups is 1. The van der Waals surface area contributed by atoms with Gasteiger partial charge >= 0.3 is 5.97 Å². The maximum Gasteiger partial charge on any atom is 0.322 e. The number of hydrogen-bond acceptors (Lipinski definition) is 4. The van der Waals surface area contributed by atoms with Crippen molar-refractivity contribution >= 4 is 17.7 Å². The second-order valence-corrected chi connectivity index (χ2v) is 5.29. The van der Waals surface area contributed by atoms with Crippen LogP contribution in [0.5, 0.6) is 0 Å². The van der Waals surface area contributed by atoms with Gasteiger partial charge in [-0.2, -0.15) is 0 Å². The molecule has 1 atom stereocenters. The van der Waals surface area contributed by atoms with Gasteiger partial charge in [0.15, 0.2) is 0 Å². The monoisotopic (exact) mass is 285 g/mol. The van der Waals surface area contributed by atoms with E-state index in [4.69, 9.17) is 4.74 Å². The van der Waals surface area contributed by atoms with Crippen LogP contribution in [-0.4, -0.2) is 31.4 Å². The highest BCUT2D eigenvalue weighted by Gasteiger charge is 2.17. The predicted molar refractivity (Wildman–Crippen MR) is 75.8 cm³/mol. The Labute approximate surface area is 117 Å². The summed E-state index contributed by atoms with van der Waals surface area (Å²) in [6.45, 7) is 2.83. The van der Waals surface area contributed by atoms with Crippen LogP contribution in [-0.2, 0) is 9.53 Å². The molecule has 0 radical (unpaired) electrons. The lowest BCUT2D eigenvalue weighted by molar-refractivity contribution is -0.143. The number of rotatable bonds is 8. The van der Waals surface area contributed by atoms with Crippen molar-refractivity contribution < 1.29 is 13.9 Å². The Morgan fingerprint density at radius 2 is 2.32 bits per heavy atom. The summed E-state index contributed by atoms with van der Waals surface area (Å²) >= 11 is 1.54. The average Bonchev–Trinajstić information content (AvgIpc) is 2.42. The van der Waals surface area contributed by atoms with E-state index in [1.807, 2.05) is 13.0 Å². The third kappa shape index (κ3) is 6.07. The summed E-state index contributed by atoms with van der Waals surface area (Å²) in [6, 6.07) is 6.18. The molecule has 0 aliphatic heterocycles. The van der Waals surface area contributed by atoms with Crippen LogP contribution in [0.4, 0.5) is 4.39 Å². The molecule has 1 N–H and O–H groups in total. The Morgan fingerprint density at radius 1 is 1.53 bits per heavy atom. The van der Waals surface area contributed by atoms with Gasteiger partial charge < -0.3 is 10.1 Å². The molecule has 0 aliphatic carbocycles. The molecule has 0 spiro atoms. The number of halogens is 1. The first-order chi connectivity index (χ1) is 9.17. The first-order valence-corrected chi connectivity index (χ1v) is 7.35. The van der Waals surface area contributed by atoms with Gasteiger partial charge in [-0.15, -0.1) is 11.8 Å². The predicted octanol–water partition coefficient (Wildman–Crippen LogP) is 2.85. The first kappa shape index (κ1) is 16.0. The number of ether oxygens (including phenoxy) is 1. The number of nitrogens with one attached hydrogen (secondary N) is 1. The summed E-state index contributed by atoms with van der Waals surface area (Å²) in [5.74, 6) is 0.256. The van der Waals surface area contributed by atoms with Crippen LogP contribution in [0.1, 0.15) is 19.8 Å². The molecule has 3 nitrogen and oxygen atoms in total. The third-order valence-electron chi connectivity index (χ3n) is 2.60. The Hall–Kier alpha value is -1.07. The summed E-state index contributed by atoms with van der Waals surface area (Å²) in [5.41, 5.74) is 0. The van der Waals surface area contributed by atoms with Crippen LogP contribution >= 0.6 is 11.8 Å². The highest BCUT2D eigenvalue weighted by atomic mass is 32.2. The summed E-state index contributed by atoms with van der Waals surface area (Å²) < 4.78 is 17.8. The molecule has 0 amide bonds. The van der Waals surface area contributed by atoms with E-state index in [9.17, 15) is 9.18 Å². The van der Waals surface area contributed by atoms with E-state index in [0.29, 0.717) is 6.42 Å². The number of esters is 1. The minimum Gasteiger partial charge on any atom is -0.468 e. The second-order valence-electron chi connectivity index (χ2n) is 4.12. The van der Waals surface area contributed by atoms with Crippen molar-refractivity contribution in [1.82, 2.24) is 5.32 Å². The minimum absolute atomic E-state index is 0.237. The first-order valence-electron chi connectivity index (χ1n) is 6.37. The molecule has 0 fully saturated rings. The van der Waals surface area contributed by atoms with Gasteiger partial charge in [-0.05, 0) is 37.6 Å². The molecule has 1 rings (SSSR count). The number of methoxy groups -OCH3 is 1. The molecule has 1 aromatic carbocycles. The summed E-state index contributed by atoms with van der Waals surface area (Å²) in [6.07, 6.45) is 1.62. The van der Waals surface area contributed by atoms with Crippen molar-refractivity contribution in [1.29, 1.82) is 0 Å². The smallest absolute Gasteiger partial charge is 0.322 e. The normalized spacial score (nSPS) is 12.2. The maximum atomic E-state index is 13.0. The fraction of sp³-hybridized carbons (Fsp3) is 0.500. The number of benzene rings is 1. The highest BCUT2D eigenvalue weighted by Crippen LogP contribution is 2.20. The zero-order valence-corrected chi connectivity index (χ0v) is 12.1. The lowest BCUT2D eigenvalue weighted by Gasteiger charge is -2.15.